The summed E-state index contributed by atoms with van der Waals surface area (Å²) in [4.78, 5) is 29.6. The van der Waals surface area contributed by atoms with Gasteiger partial charge in [0, 0.05) is 28.8 Å². The molecule has 176 valence electrons. The molecule has 6 nitrogen and oxygen atoms in total. The van der Waals surface area contributed by atoms with Gasteiger partial charge in [-0.05, 0) is 60.4 Å². The maximum Gasteiger partial charge on any atom is 0.253 e. The molecule has 0 fully saturated rings. The zero-order chi connectivity index (χ0) is 24.8. The predicted molar refractivity (Wildman–Crippen MR) is 139 cm³/mol. The van der Waals surface area contributed by atoms with E-state index >= 15 is 0 Å². The van der Waals surface area contributed by atoms with Crippen LogP contribution in [-0.2, 0) is 9.59 Å². The van der Waals surface area contributed by atoms with Crippen molar-refractivity contribution in [2.24, 2.45) is 0 Å². The first-order chi connectivity index (χ1) is 17.0. The molecule has 0 aliphatic carbocycles. The molecule has 1 atom stereocenters. The van der Waals surface area contributed by atoms with E-state index in [1.807, 2.05) is 31.2 Å². The fourth-order valence-corrected chi connectivity index (χ4v) is 5.95. The van der Waals surface area contributed by atoms with Crippen LogP contribution in [0, 0.1) is 17.1 Å². The number of nitrogens with one attached hydrogen (secondary N) is 3. The highest BCUT2D eigenvalue weighted by Gasteiger charge is 2.35. The number of hydrogen-bond acceptors (Lipinski definition) is 5. The van der Waals surface area contributed by atoms with Crippen LogP contribution < -0.4 is 10.6 Å². The molecule has 0 radical (unpaired) electrons. The van der Waals surface area contributed by atoms with Crippen molar-refractivity contribution >= 4 is 46.7 Å². The number of carbonyl (C=O) groups is 2. The van der Waals surface area contributed by atoms with Crippen molar-refractivity contribution in [3.8, 4) is 6.07 Å². The molecule has 3 N–H and O–H groups in total. The fraction of sp³-hybridized carbons (Fsp3) is 0.115. The van der Waals surface area contributed by atoms with Gasteiger partial charge in [0.25, 0.3) is 5.91 Å². The zero-order valence-electron chi connectivity index (χ0n) is 18.7. The standard InChI is InChI=1S/C26H21FN4O2S2/c1-16-23(25(33)31-19-11-9-17(27)10-12-19)24(21-8-5-13-29-21)20(14-28)26(35-16)34-15-22(32)30-18-6-3-2-4-7-18/h2-13,24,29H,15H2,1H3,(H,30,32)(H,31,33). The third-order valence-corrected chi connectivity index (χ3v) is 7.64. The summed E-state index contributed by atoms with van der Waals surface area (Å²) in [6.07, 6.45) is 1.73. The Morgan fingerprint density at radius 2 is 1.77 bits per heavy atom. The molecular weight excluding hydrogens is 483 g/mol. The van der Waals surface area contributed by atoms with Crippen LogP contribution in [0.2, 0.25) is 0 Å². The van der Waals surface area contributed by atoms with Crippen molar-refractivity contribution in [1.29, 1.82) is 5.26 Å². The van der Waals surface area contributed by atoms with E-state index in [0.717, 1.165) is 0 Å². The van der Waals surface area contributed by atoms with Crippen LogP contribution in [0.5, 0.6) is 0 Å². The Labute approximate surface area is 210 Å². The Hall–Kier alpha value is -3.74. The summed E-state index contributed by atoms with van der Waals surface area (Å²) in [5.41, 5.74) is 2.66. The Morgan fingerprint density at radius 3 is 2.43 bits per heavy atom. The number of para-hydroxylation sites is 1. The summed E-state index contributed by atoms with van der Waals surface area (Å²) in [7, 11) is 0. The van der Waals surface area contributed by atoms with Crippen molar-refractivity contribution in [3.63, 3.8) is 0 Å². The molecule has 0 bridgehead atoms. The van der Waals surface area contributed by atoms with Crippen LogP contribution in [0.25, 0.3) is 0 Å². The smallest absolute Gasteiger partial charge is 0.253 e. The maximum atomic E-state index is 13.3. The van der Waals surface area contributed by atoms with Crippen molar-refractivity contribution in [2.45, 2.75) is 12.8 Å². The molecule has 3 aromatic rings. The van der Waals surface area contributed by atoms with E-state index in [2.05, 4.69) is 21.7 Å². The highest BCUT2D eigenvalue weighted by atomic mass is 32.2. The summed E-state index contributed by atoms with van der Waals surface area (Å²) < 4.78 is 14.0. The quantitative estimate of drug-likeness (QED) is 0.366. The van der Waals surface area contributed by atoms with Crippen LogP contribution in [0.15, 0.2) is 93.2 Å². The van der Waals surface area contributed by atoms with E-state index in [9.17, 15) is 19.2 Å². The second-order valence-corrected chi connectivity index (χ2v) is 10.1. The number of benzene rings is 2. The SMILES string of the molecule is CC1=C(C(=O)Nc2ccc(F)cc2)C(c2ccc[nH]2)C(C#N)=C(SCC(=O)Nc2ccccc2)S1. The van der Waals surface area contributed by atoms with Gasteiger partial charge < -0.3 is 15.6 Å². The molecule has 1 unspecified atom stereocenters. The zero-order valence-corrected chi connectivity index (χ0v) is 20.3. The van der Waals surface area contributed by atoms with Crippen molar-refractivity contribution < 1.29 is 14.0 Å². The van der Waals surface area contributed by atoms with Crippen LogP contribution in [0.1, 0.15) is 18.5 Å². The lowest BCUT2D eigenvalue weighted by Gasteiger charge is -2.27. The topological polar surface area (TPSA) is 97.8 Å². The molecule has 9 heteroatoms. The number of nitriles is 1. The van der Waals surface area contributed by atoms with Gasteiger partial charge in [0.2, 0.25) is 5.91 Å². The fourth-order valence-electron chi connectivity index (χ4n) is 3.64. The maximum absolute atomic E-state index is 13.3. The predicted octanol–water partition coefficient (Wildman–Crippen LogP) is 6.00. The number of aromatic nitrogens is 1. The number of allylic oxidation sites excluding steroid dienone is 2. The van der Waals surface area contributed by atoms with Gasteiger partial charge in [-0.1, -0.05) is 30.0 Å². The third kappa shape index (κ3) is 5.85. The summed E-state index contributed by atoms with van der Waals surface area (Å²) >= 11 is 2.57. The second kappa shape index (κ2) is 11.1. The Balaban J connectivity index is 1.58. The first-order valence-corrected chi connectivity index (χ1v) is 12.5. The molecule has 2 aromatic carbocycles. The lowest BCUT2D eigenvalue weighted by Crippen LogP contribution is -2.24. The molecule has 0 saturated heterocycles. The lowest BCUT2D eigenvalue weighted by atomic mass is 9.88. The van der Waals surface area contributed by atoms with Gasteiger partial charge in [-0.25, -0.2) is 4.39 Å². The Kier molecular flexibility index (Phi) is 7.75. The van der Waals surface area contributed by atoms with E-state index in [1.165, 1.54) is 47.8 Å². The van der Waals surface area contributed by atoms with Crippen LogP contribution in [0.4, 0.5) is 15.8 Å². The number of hydrogen-bond donors (Lipinski definition) is 3. The highest BCUT2D eigenvalue weighted by Crippen LogP contribution is 2.50. The van der Waals surface area contributed by atoms with Crippen molar-refractivity contribution in [1.82, 2.24) is 4.98 Å². The summed E-state index contributed by atoms with van der Waals surface area (Å²) in [6.45, 7) is 1.82. The average molecular weight is 505 g/mol. The van der Waals surface area contributed by atoms with E-state index in [0.29, 0.717) is 37.4 Å². The number of thioether (sulfide) groups is 2. The first-order valence-electron chi connectivity index (χ1n) is 10.7. The molecule has 35 heavy (non-hydrogen) atoms. The largest absolute Gasteiger partial charge is 0.364 e. The number of nitrogens with zero attached hydrogens (tertiary/aromatic N) is 1. The Morgan fingerprint density at radius 1 is 1.06 bits per heavy atom. The minimum absolute atomic E-state index is 0.115. The molecule has 2 amide bonds. The van der Waals surface area contributed by atoms with Gasteiger partial charge in [0.15, 0.2) is 0 Å². The summed E-state index contributed by atoms with van der Waals surface area (Å²) in [6, 6.07) is 20.5. The molecule has 4 rings (SSSR count). The summed E-state index contributed by atoms with van der Waals surface area (Å²) in [5.74, 6) is -1.48. The molecule has 2 heterocycles. The number of anilines is 2. The minimum atomic E-state index is -0.628. The van der Waals surface area contributed by atoms with Crippen LogP contribution >= 0.6 is 23.5 Å². The number of H-pyrrole nitrogens is 1. The number of halogens is 1. The molecule has 0 spiro atoms. The molecule has 1 aliphatic heterocycles. The lowest BCUT2D eigenvalue weighted by molar-refractivity contribution is -0.114. The number of aromatic amines is 1. The molecule has 1 aliphatic rings. The first kappa shape index (κ1) is 24.4. The monoisotopic (exact) mass is 504 g/mol. The van der Waals surface area contributed by atoms with Crippen LogP contribution in [0.3, 0.4) is 0 Å². The number of carbonyl (C=O) groups excluding carboxylic acids is 2. The average Bonchev–Trinajstić information content (AvgIpc) is 3.39. The molecule has 1 aromatic heterocycles. The second-order valence-electron chi connectivity index (χ2n) is 7.61. The van der Waals surface area contributed by atoms with Gasteiger partial charge in [0.1, 0.15) is 5.82 Å². The number of amides is 2. The van der Waals surface area contributed by atoms with Gasteiger partial charge in [0.05, 0.1) is 27.6 Å². The summed E-state index contributed by atoms with van der Waals surface area (Å²) in [5, 5.41) is 15.7. The van der Waals surface area contributed by atoms with Gasteiger partial charge in [-0.3, -0.25) is 9.59 Å². The van der Waals surface area contributed by atoms with E-state index in [4.69, 9.17) is 0 Å². The minimum Gasteiger partial charge on any atom is -0.364 e. The van der Waals surface area contributed by atoms with E-state index in [1.54, 1.807) is 24.4 Å². The van der Waals surface area contributed by atoms with Gasteiger partial charge in [-0.2, -0.15) is 5.26 Å². The van der Waals surface area contributed by atoms with Crippen molar-refractivity contribution in [2.75, 3.05) is 16.4 Å². The highest BCUT2D eigenvalue weighted by molar-refractivity contribution is 8.24. The molecular formula is C26H21FN4O2S2. The number of rotatable bonds is 7. The van der Waals surface area contributed by atoms with Crippen LogP contribution in [-0.4, -0.2) is 22.6 Å². The van der Waals surface area contributed by atoms with E-state index in [-0.39, 0.29) is 17.6 Å². The van der Waals surface area contributed by atoms with Gasteiger partial charge in [-0.15, -0.1) is 11.8 Å². The third-order valence-electron chi connectivity index (χ3n) is 5.21. The van der Waals surface area contributed by atoms with E-state index < -0.39 is 11.7 Å². The van der Waals surface area contributed by atoms with Gasteiger partial charge >= 0.3 is 0 Å². The normalized spacial score (nSPS) is 15.5. The van der Waals surface area contributed by atoms with Crippen molar-refractivity contribution in [3.05, 3.63) is 105 Å². The molecule has 0 saturated carbocycles. The Bertz CT molecular complexity index is 1330.